The van der Waals surface area contributed by atoms with Crippen LogP contribution in [0.2, 0.25) is 0 Å². The minimum absolute atomic E-state index is 0.338. The summed E-state index contributed by atoms with van der Waals surface area (Å²) in [6, 6.07) is 5.56. The predicted molar refractivity (Wildman–Crippen MR) is 93.2 cm³/mol. The minimum atomic E-state index is -2.80. The molecule has 23 heavy (non-hydrogen) atoms. The minimum Gasteiger partial charge on any atom is -0.465 e. The van der Waals surface area contributed by atoms with Crippen LogP contribution in [-0.2, 0) is 4.74 Å². The summed E-state index contributed by atoms with van der Waals surface area (Å²) in [7, 11) is -1.44. The van der Waals surface area contributed by atoms with Crippen molar-refractivity contribution in [2.45, 2.75) is 31.6 Å². The fourth-order valence-corrected chi connectivity index (χ4v) is 4.92. The Hall–Kier alpha value is -1.50. The number of rotatable bonds is 3. The first-order valence-electron chi connectivity index (χ1n) is 7.93. The van der Waals surface area contributed by atoms with E-state index in [4.69, 9.17) is 4.74 Å². The molecule has 5 nitrogen and oxygen atoms in total. The maximum Gasteiger partial charge on any atom is 0.337 e. The number of nitrogens with zero attached hydrogens (tertiary/aromatic N) is 1. The van der Waals surface area contributed by atoms with Crippen LogP contribution in [0.1, 0.15) is 47.5 Å². The summed E-state index contributed by atoms with van der Waals surface area (Å²) in [6.45, 7) is 0.593. The summed E-state index contributed by atoms with van der Waals surface area (Å²) in [5.41, 5.74) is 2.22. The highest BCUT2D eigenvalue weighted by Crippen LogP contribution is 2.50. The topological polar surface area (TPSA) is 70.0 Å². The van der Waals surface area contributed by atoms with Crippen molar-refractivity contribution in [3.63, 3.8) is 0 Å². The van der Waals surface area contributed by atoms with Gasteiger partial charge in [-0.2, -0.15) is 0 Å². The summed E-state index contributed by atoms with van der Waals surface area (Å²) < 4.78 is 27.3. The van der Waals surface area contributed by atoms with Crippen LogP contribution in [0.25, 0.3) is 0 Å². The summed E-state index contributed by atoms with van der Waals surface area (Å²) in [6.07, 6.45) is 7.90. The van der Waals surface area contributed by atoms with Crippen molar-refractivity contribution in [1.82, 2.24) is 0 Å². The number of hydrogen-bond acceptors (Lipinski definition) is 5. The van der Waals surface area contributed by atoms with E-state index in [-0.39, 0.29) is 0 Å². The maximum absolute atomic E-state index is 12.0. The monoisotopic (exact) mass is 337 g/mol. The van der Waals surface area contributed by atoms with Crippen molar-refractivity contribution in [3.8, 4) is 0 Å². The van der Waals surface area contributed by atoms with E-state index in [1.54, 1.807) is 10.4 Å². The molecule has 0 amide bonds. The molecule has 1 saturated heterocycles. The zero-order valence-corrected chi connectivity index (χ0v) is 14.1. The van der Waals surface area contributed by atoms with Crippen LogP contribution in [0.4, 0.5) is 5.69 Å². The number of hydrogen-bond donors (Lipinski definition) is 2. The van der Waals surface area contributed by atoms with Gasteiger partial charge >= 0.3 is 5.97 Å². The lowest BCUT2D eigenvalue weighted by molar-refractivity contribution is 0.0600. The Kier molecular flexibility index (Phi) is 4.66. The van der Waals surface area contributed by atoms with Crippen molar-refractivity contribution < 1.29 is 18.6 Å². The number of carbonyl (C=O) groups is 1. The lowest BCUT2D eigenvalue weighted by atomic mass is 9.94. The summed E-state index contributed by atoms with van der Waals surface area (Å²) in [5, 5.41) is 0. The molecule has 0 bridgehead atoms. The van der Waals surface area contributed by atoms with Gasteiger partial charge in [-0.1, -0.05) is 12.2 Å². The third-order valence-corrected chi connectivity index (χ3v) is 6.45. The van der Waals surface area contributed by atoms with Gasteiger partial charge in [0.15, 0.2) is 0 Å². The quantitative estimate of drug-likeness (QED) is 0.640. The molecule has 0 unspecified atom stereocenters. The highest BCUT2D eigenvalue weighted by atomic mass is 32.3. The highest BCUT2D eigenvalue weighted by Gasteiger charge is 2.28. The first-order valence-corrected chi connectivity index (χ1v) is 9.60. The number of benzene rings is 1. The van der Waals surface area contributed by atoms with Crippen molar-refractivity contribution in [3.05, 3.63) is 41.5 Å². The average molecular weight is 337 g/mol. The molecule has 1 heterocycles. The maximum atomic E-state index is 12.0. The number of ether oxygens (including phenoxy) is 1. The van der Waals surface area contributed by atoms with Gasteiger partial charge in [-0.3, -0.25) is 13.4 Å². The number of anilines is 1. The van der Waals surface area contributed by atoms with Crippen LogP contribution in [0.5, 0.6) is 0 Å². The van der Waals surface area contributed by atoms with Gasteiger partial charge in [0.1, 0.15) is 0 Å². The van der Waals surface area contributed by atoms with E-state index in [0.29, 0.717) is 29.5 Å². The van der Waals surface area contributed by atoms with Crippen LogP contribution in [0, 0.1) is 0 Å². The first-order chi connectivity index (χ1) is 11.0. The van der Waals surface area contributed by atoms with Crippen LogP contribution in [-0.4, -0.2) is 34.5 Å². The molecule has 1 fully saturated rings. The molecule has 1 aromatic rings. The molecule has 1 aliphatic carbocycles. The number of allylic oxidation sites excluding steroid dienone is 2. The van der Waals surface area contributed by atoms with E-state index in [1.165, 1.54) is 7.11 Å². The summed E-state index contributed by atoms with van der Waals surface area (Å²) in [5.74, 6) is 0.327. The molecule has 2 aliphatic rings. The van der Waals surface area contributed by atoms with E-state index in [1.807, 2.05) is 12.1 Å². The molecular formula is C17H23NO4S. The fraction of sp³-hybridized carbons (Fsp3) is 0.471. The lowest BCUT2D eigenvalue weighted by Crippen LogP contribution is -2.34. The molecule has 0 aromatic heterocycles. The average Bonchev–Trinajstić information content (AvgIpc) is 3.07. The molecule has 2 N–H and O–H groups in total. The van der Waals surface area contributed by atoms with Crippen LogP contribution >= 0.6 is 10.8 Å². The normalized spacial score (nSPS) is 22.1. The molecule has 1 aliphatic heterocycles. The van der Waals surface area contributed by atoms with Gasteiger partial charge in [-0.05, 0) is 55.4 Å². The SMILES string of the molecule is COC(=O)c1cc(C2CC=CC2)cc(N2CCCCS2(O)O)c1. The first kappa shape index (κ1) is 16.4. The molecule has 3 rings (SSSR count). The van der Waals surface area contributed by atoms with E-state index < -0.39 is 16.7 Å². The Bertz CT molecular complexity index is 621. The largest absolute Gasteiger partial charge is 0.465 e. The van der Waals surface area contributed by atoms with Gasteiger partial charge in [0.25, 0.3) is 0 Å². The van der Waals surface area contributed by atoms with E-state index in [2.05, 4.69) is 12.2 Å². The summed E-state index contributed by atoms with van der Waals surface area (Å²) >= 11 is 0. The second-order valence-corrected chi connectivity index (χ2v) is 8.20. The highest BCUT2D eigenvalue weighted by molar-refractivity contribution is 8.25. The van der Waals surface area contributed by atoms with Gasteiger partial charge < -0.3 is 4.74 Å². The second-order valence-electron chi connectivity index (χ2n) is 6.09. The Labute approximate surface area is 138 Å². The second kappa shape index (κ2) is 6.55. The third kappa shape index (κ3) is 3.39. The van der Waals surface area contributed by atoms with Crippen LogP contribution in [0.3, 0.4) is 0 Å². The number of esters is 1. The zero-order valence-electron chi connectivity index (χ0n) is 13.3. The van der Waals surface area contributed by atoms with Crippen molar-refractivity contribution >= 4 is 22.4 Å². The van der Waals surface area contributed by atoms with E-state index in [9.17, 15) is 13.9 Å². The molecule has 0 saturated carbocycles. The zero-order chi connectivity index (χ0) is 16.4. The summed E-state index contributed by atoms with van der Waals surface area (Å²) in [4.78, 5) is 12.0. The third-order valence-electron chi connectivity index (χ3n) is 4.51. The standard InChI is InChI=1S/C17H23NO4S/c1-22-17(19)15-10-14(13-6-2-3-7-13)11-16(12-15)18-8-4-5-9-23(18,20)21/h2-3,10-13,20-21H,4-9H2,1H3. The van der Waals surface area contributed by atoms with Gasteiger partial charge in [-0.15, -0.1) is 10.8 Å². The van der Waals surface area contributed by atoms with Gasteiger partial charge in [0.05, 0.1) is 24.1 Å². The predicted octanol–water partition coefficient (Wildman–Crippen LogP) is 4.17. The molecule has 0 atom stereocenters. The Morgan fingerprint density at radius 3 is 2.61 bits per heavy atom. The van der Waals surface area contributed by atoms with Crippen molar-refractivity contribution in [2.24, 2.45) is 0 Å². The van der Waals surface area contributed by atoms with Gasteiger partial charge in [-0.25, -0.2) is 4.79 Å². The Morgan fingerprint density at radius 2 is 1.96 bits per heavy atom. The molecule has 0 spiro atoms. The molecule has 0 radical (unpaired) electrons. The van der Waals surface area contributed by atoms with Gasteiger partial charge in [0, 0.05) is 6.54 Å². The Balaban J connectivity index is 2.00. The number of methoxy groups -OCH3 is 1. The number of carbonyl (C=O) groups excluding carboxylic acids is 1. The van der Waals surface area contributed by atoms with Gasteiger partial charge in [0.2, 0.25) is 0 Å². The van der Waals surface area contributed by atoms with Crippen LogP contribution in [0.15, 0.2) is 30.4 Å². The molecule has 126 valence electrons. The molecule has 6 heteroatoms. The lowest BCUT2D eigenvalue weighted by Gasteiger charge is -2.47. The Morgan fingerprint density at radius 1 is 1.22 bits per heavy atom. The molecule has 1 aromatic carbocycles. The van der Waals surface area contributed by atoms with Crippen LogP contribution < -0.4 is 4.31 Å². The van der Waals surface area contributed by atoms with Crippen molar-refractivity contribution in [2.75, 3.05) is 23.7 Å². The van der Waals surface area contributed by atoms with E-state index >= 15 is 0 Å². The molecular weight excluding hydrogens is 314 g/mol. The fourth-order valence-electron chi connectivity index (χ4n) is 3.24. The smallest absolute Gasteiger partial charge is 0.337 e. The van der Waals surface area contributed by atoms with E-state index in [0.717, 1.165) is 31.2 Å². The van der Waals surface area contributed by atoms with Crippen molar-refractivity contribution in [1.29, 1.82) is 0 Å².